The average Bonchev–Trinajstić information content (AvgIpc) is 2.85. The van der Waals surface area contributed by atoms with Gasteiger partial charge in [0.1, 0.15) is 12.1 Å². The van der Waals surface area contributed by atoms with Crippen molar-refractivity contribution in [2.75, 3.05) is 31.1 Å². The molecular weight excluding hydrogens is 318 g/mol. The van der Waals surface area contributed by atoms with Crippen LogP contribution in [-0.2, 0) is 12.0 Å². The van der Waals surface area contributed by atoms with Crippen LogP contribution in [0.2, 0.25) is 0 Å². The zero-order chi connectivity index (χ0) is 17.3. The van der Waals surface area contributed by atoms with Crippen LogP contribution in [-0.4, -0.2) is 46.0 Å². The molecule has 2 aromatic rings. The minimum Gasteiger partial charge on any atom is -0.354 e. The van der Waals surface area contributed by atoms with Gasteiger partial charge in [0.2, 0.25) is 0 Å². The normalized spacial score (nSPS) is 16.6. The van der Waals surface area contributed by atoms with Crippen molar-refractivity contribution in [2.24, 2.45) is 0 Å². The molecule has 1 aliphatic rings. The molecule has 5 nitrogen and oxygen atoms in total. The van der Waals surface area contributed by atoms with Gasteiger partial charge in [-0.3, -0.25) is 4.90 Å². The first-order valence-corrected chi connectivity index (χ1v) is 9.37. The SMILES string of the molecule is Cc1nc(C)c(CN2CCN(c3cc(C(C)(C)C)ncn3)CC2)s1. The van der Waals surface area contributed by atoms with Crippen molar-refractivity contribution in [3.63, 3.8) is 0 Å². The second-order valence-electron chi connectivity index (χ2n) is 7.52. The second-order valence-corrected chi connectivity index (χ2v) is 8.80. The molecule has 0 aliphatic carbocycles. The fraction of sp³-hybridized carbons (Fsp3) is 0.611. The molecule has 1 aliphatic heterocycles. The number of aromatic nitrogens is 3. The summed E-state index contributed by atoms with van der Waals surface area (Å²) in [6.07, 6.45) is 1.70. The van der Waals surface area contributed by atoms with E-state index in [9.17, 15) is 0 Å². The van der Waals surface area contributed by atoms with Crippen LogP contribution < -0.4 is 4.90 Å². The van der Waals surface area contributed by atoms with Crippen LogP contribution in [0.3, 0.4) is 0 Å². The molecule has 0 atom stereocenters. The van der Waals surface area contributed by atoms with Crippen molar-refractivity contribution in [2.45, 2.75) is 46.6 Å². The summed E-state index contributed by atoms with van der Waals surface area (Å²) in [5.74, 6) is 1.05. The third kappa shape index (κ3) is 3.92. The van der Waals surface area contributed by atoms with Crippen molar-refractivity contribution in [1.82, 2.24) is 19.9 Å². The van der Waals surface area contributed by atoms with Gasteiger partial charge in [0.15, 0.2) is 0 Å². The molecule has 6 heteroatoms. The highest BCUT2D eigenvalue weighted by Crippen LogP contribution is 2.24. The summed E-state index contributed by atoms with van der Waals surface area (Å²) in [7, 11) is 0. The molecule has 24 heavy (non-hydrogen) atoms. The maximum Gasteiger partial charge on any atom is 0.132 e. The number of rotatable bonds is 3. The Morgan fingerprint density at radius 2 is 1.79 bits per heavy atom. The molecule has 130 valence electrons. The van der Waals surface area contributed by atoms with Gasteiger partial charge in [-0.15, -0.1) is 11.3 Å². The minimum absolute atomic E-state index is 0.0566. The van der Waals surface area contributed by atoms with E-state index in [1.54, 1.807) is 6.33 Å². The van der Waals surface area contributed by atoms with Crippen LogP contribution in [0.25, 0.3) is 0 Å². The molecule has 0 aromatic carbocycles. The van der Waals surface area contributed by atoms with E-state index in [-0.39, 0.29) is 5.41 Å². The maximum absolute atomic E-state index is 4.54. The molecule has 0 bridgehead atoms. The summed E-state index contributed by atoms with van der Waals surface area (Å²) in [5, 5.41) is 1.16. The quantitative estimate of drug-likeness (QED) is 0.855. The van der Waals surface area contributed by atoms with Gasteiger partial charge in [-0.2, -0.15) is 0 Å². The van der Waals surface area contributed by atoms with Crippen molar-refractivity contribution in [3.8, 4) is 0 Å². The molecule has 3 heterocycles. The summed E-state index contributed by atoms with van der Waals surface area (Å²) < 4.78 is 0. The van der Waals surface area contributed by atoms with Gasteiger partial charge in [0.05, 0.1) is 16.4 Å². The highest BCUT2D eigenvalue weighted by molar-refractivity contribution is 7.11. The van der Waals surface area contributed by atoms with Crippen molar-refractivity contribution in [3.05, 3.63) is 33.7 Å². The second kappa shape index (κ2) is 6.76. The summed E-state index contributed by atoms with van der Waals surface area (Å²) in [5.41, 5.74) is 2.34. The first-order valence-electron chi connectivity index (χ1n) is 8.55. The Morgan fingerprint density at radius 3 is 2.38 bits per heavy atom. The third-order valence-corrected chi connectivity index (χ3v) is 5.54. The van der Waals surface area contributed by atoms with Crippen molar-refractivity contribution >= 4 is 17.2 Å². The lowest BCUT2D eigenvalue weighted by Gasteiger charge is -2.35. The van der Waals surface area contributed by atoms with E-state index in [4.69, 9.17) is 0 Å². The predicted molar refractivity (Wildman–Crippen MR) is 99.8 cm³/mol. The summed E-state index contributed by atoms with van der Waals surface area (Å²) in [6, 6.07) is 2.15. The Hall–Kier alpha value is -1.53. The average molecular weight is 346 g/mol. The summed E-state index contributed by atoms with van der Waals surface area (Å²) in [6.45, 7) is 15.9. The van der Waals surface area contributed by atoms with Crippen LogP contribution in [0.1, 0.15) is 42.0 Å². The lowest BCUT2D eigenvalue weighted by atomic mass is 9.92. The van der Waals surface area contributed by atoms with E-state index in [0.29, 0.717) is 0 Å². The van der Waals surface area contributed by atoms with Crippen LogP contribution >= 0.6 is 11.3 Å². The lowest BCUT2D eigenvalue weighted by molar-refractivity contribution is 0.250. The van der Waals surface area contributed by atoms with E-state index in [2.05, 4.69) is 65.4 Å². The number of thiazole rings is 1. The maximum atomic E-state index is 4.54. The van der Waals surface area contributed by atoms with Crippen LogP contribution in [0.15, 0.2) is 12.4 Å². The van der Waals surface area contributed by atoms with Crippen LogP contribution in [0.5, 0.6) is 0 Å². The smallest absolute Gasteiger partial charge is 0.132 e. The van der Waals surface area contributed by atoms with Gasteiger partial charge in [0, 0.05) is 49.1 Å². The topological polar surface area (TPSA) is 45.2 Å². The summed E-state index contributed by atoms with van der Waals surface area (Å²) in [4.78, 5) is 19.8. The first kappa shape index (κ1) is 17.3. The number of hydrogen-bond donors (Lipinski definition) is 0. The van der Waals surface area contributed by atoms with Gasteiger partial charge in [-0.05, 0) is 13.8 Å². The van der Waals surface area contributed by atoms with E-state index in [1.807, 2.05) is 11.3 Å². The molecule has 0 radical (unpaired) electrons. The fourth-order valence-corrected chi connectivity index (χ4v) is 3.97. The first-order chi connectivity index (χ1) is 11.3. The van der Waals surface area contributed by atoms with Crippen LogP contribution in [0.4, 0.5) is 5.82 Å². The molecule has 0 saturated carbocycles. The molecule has 3 rings (SSSR count). The molecule has 0 N–H and O–H groups in total. The van der Waals surface area contributed by atoms with Crippen LogP contribution in [0, 0.1) is 13.8 Å². The van der Waals surface area contributed by atoms with Gasteiger partial charge in [-0.1, -0.05) is 20.8 Å². The molecule has 1 saturated heterocycles. The van der Waals surface area contributed by atoms with Gasteiger partial charge >= 0.3 is 0 Å². The Kier molecular flexibility index (Phi) is 4.88. The molecule has 0 spiro atoms. The molecule has 0 unspecified atom stereocenters. The lowest BCUT2D eigenvalue weighted by Crippen LogP contribution is -2.46. The molecule has 1 fully saturated rings. The van der Waals surface area contributed by atoms with Gasteiger partial charge < -0.3 is 4.90 Å². The number of anilines is 1. The van der Waals surface area contributed by atoms with E-state index >= 15 is 0 Å². The van der Waals surface area contributed by atoms with E-state index in [0.717, 1.165) is 49.2 Å². The van der Waals surface area contributed by atoms with Crippen molar-refractivity contribution < 1.29 is 0 Å². The van der Waals surface area contributed by atoms with Gasteiger partial charge in [-0.25, -0.2) is 15.0 Å². The molecule has 2 aromatic heterocycles. The minimum atomic E-state index is 0.0566. The Morgan fingerprint density at radius 1 is 1.08 bits per heavy atom. The highest BCUT2D eigenvalue weighted by Gasteiger charge is 2.22. The molecule has 0 amide bonds. The van der Waals surface area contributed by atoms with E-state index in [1.165, 1.54) is 10.6 Å². The Labute approximate surface area is 148 Å². The standard InChI is InChI=1S/C18H27N5S/c1-13-15(24-14(2)21-13)11-22-6-8-23(9-7-22)17-10-16(18(3,4)5)19-12-20-17/h10,12H,6-9,11H2,1-5H3. The molecular formula is C18H27N5S. The predicted octanol–water partition coefficient (Wildman–Crippen LogP) is 3.17. The Balaban J connectivity index is 1.62. The zero-order valence-electron chi connectivity index (χ0n) is 15.3. The number of piperazine rings is 1. The monoisotopic (exact) mass is 345 g/mol. The number of hydrogen-bond acceptors (Lipinski definition) is 6. The third-order valence-electron chi connectivity index (χ3n) is 4.48. The number of aryl methyl sites for hydroxylation is 2. The van der Waals surface area contributed by atoms with Crippen molar-refractivity contribution in [1.29, 1.82) is 0 Å². The summed E-state index contributed by atoms with van der Waals surface area (Å²) >= 11 is 1.82. The number of nitrogens with zero attached hydrogens (tertiary/aromatic N) is 5. The van der Waals surface area contributed by atoms with E-state index < -0.39 is 0 Å². The Bertz CT molecular complexity index is 696. The largest absolute Gasteiger partial charge is 0.354 e. The highest BCUT2D eigenvalue weighted by atomic mass is 32.1. The fourth-order valence-electron chi connectivity index (χ4n) is 2.99. The zero-order valence-corrected chi connectivity index (χ0v) is 16.2. The van der Waals surface area contributed by atoms with Gasteiger partial charge in [0.25, 0.3) is 0 Å².